The van der Waals surface area contributed by atoms with Crippen molar-refractivity contribution < 1.29 is 13.2 Å². The molecule has 7 heteroatoms. The molecule has 0 unspecified atom stereocenters. The Morgan fingerprint density at radius 1 is 0.967 bits per heavy atom. The quantitative estimate of drug-likeness (QED) is 0.645. The first-order valence-electron chi connectivity index (χ1n) is 10.3. The predicted molar refractivity (Wildman–Crippen MR) is 124 cm³/mol. The molecule has 0 spiro atoms. The summed E-state index contributed by atoms with van der Waals surface area (Å²) in [6.45, 7) is 7.22. The second-order valence-electron chi connectivity index (χ2n) is 7.95. The van der Waals surface area contributed by atoms with Crippen molar-refractivity contribution in [2.75, 3.05) is 24.1 Å². The van der Waals surface area contributed by atoms with Gasteiger partial charge in [0.15, 0.2) is 0 Å². The molecule has 5 nitrogen and oxygen atoms in total. The van der Waals surface area contributed by atoms with Gasteiger partial charge in [0.2, 0.25) is 0 Å². The van der Waals surface area contributed by atoms with Crippen LogP contribution in [0.5, 0.6) is 0 Å². The lowest BCUT2D eigenvalue weighted by Crippen LogP contribution is -2.32. The molecule has 1 fully saturated rings. The van der Waals surface area contributed by atoms with E-state index in [-0.39, 0.29) is 10.8 Å². The fourth-order valence-electron chi connectivity index (χ4n) is 4.00. The Morgan fingerprint density at radius 2 is 1.57 bits per heavy atom. The predicted octanol–water partition coefficient (Wildman–Crippen LogP) is 5.15. The molecule has 1 N–H and O–H groups in total. The summed E-state index contributed by atoms with van der Waals surface area (Å²) >= 11 is 1.46. The molecule has 0 bridgehead atoms. The van der Waals surface area contributed by atoms with Crippen molar-refractivity contribution in [2.45, 2.75) is 56.2 Å². The van der Waals surface area contributed by atoms with E-state index < -0.39 is 10.0 Å². The van der Waals surface area contributed by atoms with Gasteiger partial charge in [-0.25, -0.2) is 8.42 Å². The van der Waals surface area contributed by atoms with Gasteiger partial charge in [-0.2, -0.15) is 0 Å². The Balaban J connectivity index is 1.96. The molecule has 1 saturated heterocycles. The molecule has 1 aliphatic heterocycles. The van der Waals surface area contributed by atoms with Gasteiger partial charge < -0.3 is 4.90 Å². The second-order valence-corrected chi connectivity index (χ2v) is 10.5. The summed E-state index contributed by atoms with van der Waals surface area (Å²) in [4.78, 5) is 16.0. The summed E-state index contributed by atoms with van der Waals surface area (Å²) in [5, 5.41) is 0. The SMILES string of the molecule is CSc1ccc(S(=O)(=O)Nc2c(C)cc(C)cc2C)cc1C(=O)N1CCCCCC1. The Morgan fingerprint density at radius 3 is 2.13 bits per heavy atom. The van der Waals surface area contributed by atoms with Gasteiger partial charge in [0.25, 0.3) is 15.9 Å². The molecule has 0 aliphatic carbocycles. The molecule has 2 aromatic carbocycles. The fraction of sp³-hybridized carbons (Fsp3) is 0.435. The van der Waals surface area contributed by atoms with E-state index in [1.54, 1.807) is 12.1 Å². The normalized spacial score (nSPS) is 15.0. The zero-order valence-electron chi connectivity index (χ0n) is 18.1. The summed E-state index contributed by atoms with van der Waals surface area (Å²) in [6, 6.07) is 8.75. The van der Waals surface area contributed by atoms with Crippen molar-refractivity contribution in [1.29, 1.82) is 0 Å². The summed E-state index contributed by atoms with van der Waals surface area (Å²) < 4.78 is 29.0. The van der Waals surface area contributed by atoms with Crippen LogP contribution < -0.4 is 4.72 Å². The monoisotopic (exact) mass is 446 g/mol. The van der Waals surface area contributed by atoms with E-state index in [9.17, 15) is 13.2 Å². The van der Waals surface area contributed by atoms with Crippen molar-refractivity contribution in [2.24, 2.45) is 0 Å². The lowest BCUT2D eigenvalue weighted by atomic mass is 10.1. The highest BCUT2D eigenvalue weighted by molar-refractivity contribution is 7.98. The third-order valence-corrected chi connectivity index (χ3v) is 7.66. The summed E-state index contributed by atoms with van der Waals surface area (Å²) in [7, 11) is -3.82. The van der Waals surface area contributed by atoms with Crippen LogP contribution in [0, 0.1) is 20.8 Å². The Bertz CT molecular complexity index is 1020. The first kappa shape index (κ1) is 22.7. The Labute approximate surface area is 184 Å². The molecule has 2 aromatic rings. The first-order chi connectivity index (χ1) is 14.2. The molecular formula is C23H30N2O3S2. The number of nitrogens with zero attached hydrogens (tertiary/aromatic N) is 1. The number of thioether (sulfide) groups is 1. The Kier molecular flexibility index (Phi) is 7.14. The van der Waals surface area contributed by atoms with Crippen molar-refractivity contribution in [3.63, 3.8) is 0 Å². The van der Waals surface area contributed by atoms with Crippen LogP contribution in [-0.2, 0) is 10.0 Å². The van der Waals surface area contributed by atoms with Crippen molar-refractivity contribution in [3.05, 3.63) is 52.6 Å². The molecule has 0 saturated carbocycles. The number of aryl methyl sites for hydroxylation is 3. The van der Waals surface area contributed by atoms with E-state index in [0.717, 1.165) is 60.4 Å². The maximum absolute atomic E-state index is 13.2. The first-order valence-corrected chi connectivity index (χ1v) is 13.0. The zero-order valence-corrected chi connectivity index (χ0v) is 19.8. The maximum Gasteiger partial charge on any atom is 0.261 e. The summed E-state index contributed by atoms with van der Waals surface area (Å²) in [6.07, 6.45) is 6.15. The average Bonchev–Trinajstić information content (AvgIpc) is 2.99. The van der Waals surface area contributed by atoms with Crippen LogP contribution in [0.2, 0.25) is 0 Å². The van der Waals surface area contributed by atoms with Crippen LogP contribution in [0.4, 0.5) is 5.69 Å². The number of anilines is 1. The van der Waals surface area contributed by atoms with E-state index in [4.69, 9.17) is 0 Å². The number of likely N-dealkylation sites (tertiary alicyclic amines) is 1. The van der Waals surface area contributed by atoms with Gasteiger partial charge in [-0.3, -0.25) is 9.52 Å². The average molecular weight is 447 g/mol. The molecule has 1 amide bonds. The van der Waals surface area contributed by atoms with E-state index in [2.05, 4.69) is 4.72 Å². The molecular weight excluding hydrogens is 416 g/mol. The van der Waals surface area contributed by atoms with Gasteiger partial charge in [0.1, 0.15) is 0 Å². The van der Waals surface area contributed by atoms with Gasteiger partial charge in [0.05, 0.1) is 16.1 Å². The van der Waals surface area contributed by atoms with E-state index in [1.807, 2.05) is 44.1 Å². The summed E-state index contributed by atoms with van der Waals surface area (Å²) in [5.74, 6) is -0.0824. The van der Waals surface area contributed by atoms with Crippen LogP contribution in [0.3, 0.4) is 0 Å². The maximum atomic E-state index is 13.2. The third kappa shape index (κ3) is 5.01. The lowest BCUT2D eigenvalue weighted by Gasteiger charge is -2.22. The number of nitrogens with one attached hydrogen (secondary N) is 1. The van der Waals surface area contributed by atoms with Crippen LogP contribution in [0.1, 0.15) is 52.7 Å². The molecule has 0 radical (unpaired) electrons. The highest BCUT2D eigenvalue weighted by Crippen LogP contribution is 2.29. The van der Waals surface area contributed by atoms with E-state index >= 15 is 0 Å². The van der Waals surface area contributed by atoms with Crippen LogP contribution >= 0.6 is 11.8 Å². The molecule has 0 atom stereocenters. The number of benzene rings is 2. The van der Waals surface area contributed by atoms with Gasteiger partial charge in [-0.15, -0.1) is 11.8 Å². The van der Waals surface area contributed by atoms with Gasteiger partial charge >= 0.3 is 0 Å². The van der Waals surface area contributed by atoms with Crippen LogP contribution in [0.25, 0.3) is 0 Å². The highest BCUT2D eigenvalue weighted by Gasteiger charge is 2.24. The minimum atomic E-state index is -3.82. The third-order valence-electron chi connectivity index (χ3n) is 5.52. The number of carbonyl (C=O) groups is 1. The van der Waals surface area contributed by atoms with E-state index in [0.29, 0.717) is 11.3 Å². The number of hydrogen-bond acceptors (Lipinski definition) is 4. The molecule has 1 heterocycles. The van der Waals surface area contributed by atoms with E-state index in [1.165, 1.54) is 17.8 Å². The number of amides is 1. The fourth-order valence-corrected chi connectivity index (χ4v) is 5.80. The zero-order chi connectivity index (χ0) is 21.9. The standard InChI is InChI=1S/C23H30N2O3S2/c1-16-13-17(2)22(18(3)14-16)24-30(27,28)19-9-10-21(29-4)20(15-19)23(26)25-11-7-5-6-8-12-25/h9-10,13-15,24H,5-8,11-12H2,1-4H3. The van der Waals surface area contributed by atoms with Crippen molar-refractivity contribution in [1.82, 2.24) is 4.90 Å². The molecule has 3 rings (SSSR count). The molecule has 1 aliphatic rings. The number of carbonyl (C=O) groups excluding carboxylic acids is 1. The molecule has 30 heavy (non-hydrogen) atoms. The number of rotatable bonds is 5. The summed E-state index contributed by atoms with van der Waals surface area (Å²) in [5.41, 5.74) is 3.89. The van der Waals surface area contributed by atoms with Crippen molar-refractivity contribution in [3.8, 4) is 0 Å². The largest absolute Gasteiger partial charge is 0.339 e. The van der Waals surface area contributed by atoms with Crippen LogP contribution in [-0.4, -0.2) is 38.6 Å². The molecule has 162 valence electrons. The molecule has 0 aromatic heterocycles. The lowest BCUT2D eigenvalue weighted by molar-refractivity contribution is 0.0758. The Hall–Kier alpha value is -1.99. The van der Waals surface area contributed by atoms with Gasteiger partial charge in [-0.05, 0) is 69.2 Å². The minimum Gasteiger partial charge on any atom is -0.339 e. The van der Waals surface area contributed by atoms with Gasteiger partial charge in [0, 0.05) is 18.0 Å². The highest BCUT2D eigenvalue weighted by atomic mass is 32.2. The topological polar surface area (TPSA) is 66.5 Å². The van der Waals surface area contributed by atoms with Gasteiger partial charge in [-0.1, -0.05) is 30.5 Å². The minimum absolute atomic E-state index is 0.0824. The second kappa shape index (κ2) is 9.43. The van der Waals surface area contributed by atoms with Crippen molar-refractivity contribution >= 4 is 33.4 Å². The van der Waals surface area contributed by atoms with Crippen LogP contribution in [0.15, 0.2) is 40.1 Å². The smallest absolute Gasteiger partial charge is 0.261 e. The number of sulfonamides is 1. The number of hydrogen-bond donors (Lipinski definition) is 1.